The van der Waals surface area contributed by atoms with Crippen LogP contribution in [0.1, 0.15) is 25.3 Å². The highest BCUT2D eigenvalue weighted by Crippen LogP contribution is 2.28. The van der Waals surface area contributed by atoms with Crippen LogP contribution in [0.25, 0.3) is 10.8 Å². The van der Waals surface area contributed by atoms with E-state index in [1.165, 1.54) is 10.9 Å². The van der Waals surface area contributed by atoms with Crippen molar-refractivity contribution in [1.29, 1.82) is 0 Å². The summed E-state index contributed by atoms with van der Waals surface area (Å²) in [5.41, 5.74) is 1.25. The molecule has 0 spiro atoms. The van der Waals surface area contributed by atoms with Crippen LogP contribution in [0.15, 0.2) is 30.6 Å². The van der Waals surface area contributed by atoms with Gasteiger partial charge in [0.25, 0.3) is 0 Å². The van der Waals surface area contributed by atoms with E-state index in [0.29, 0.717) is 5.92 Å². The molecule has 2 heteroatoms. The third-order valence-corrected chi connectivity index (χ3v) is 2.73. The molecule has 2 rings (SSSR count). The number of rotatable bonds is 1. The number of aromatic nitrogens is 1. The number of nitrogens with zero attached hydrogens (tertiary/aromatic N) is 1. The molecular formula is C12H12ClN. The molecule has 1 heterocycles. The van der Waals surface area contributed by atoms with Crippen molar-refractivity contribution in [1.82, 2.24) is 4.98 Å². The van der Waals surface area contributed by atoms with Gasteiger partial charge in [-0.25, -0.2) is 0 Å². The van der Waals surface area contributed by atoms with E-state index in [1.54, 1.807) is 0 Å². The van der Waals surface area contributed by atoms with Crippen LogP contribution in [0.3, 0.4) is 0 Å². The fourth-order valence-corrected chi connectivity index (χ4v) is 1.87. The lowest BCUT2D eigenvalue weighted by Crippen LogP contribution is -1.91. The average molecular weight is 206 g/mol. The highest BCUT2D eigenvalue weighted by molar-refractivity contribution is 6.35. The summed E-state index contributed by atoms with van der Waals surface area (Å²) >= 11 is 6.09. The minimum absolute atomic E-state index is 0.477. The van der Waals surface area contributed by atoms with Crippen LogP contribution in [-0.4, -0.2) is 4.98 Å². The molecular weight excluding hydrogens is 194 g/mol. The van der Waals surface area contributed by atoms with Crippen molar-refractivity contribution in [3.8, 4) is 0 Å². The number of fused-ring (bicyclic) bond motifs is 1. The zero-order valence-electron chi connectivity index (χ0n) is 8.29. The summed E-state index contributed by atoms with van der Waals surface area (Å²) in [6.07, 6.45) is 3.74. The van der Waals surface area contributed by atoms with E-state index in [4.69, 9.17) is 11.6 Å². The van der Waals surface area contributed by atoms with Gasteiger partial charge in [-0.05, 0) is 22.9 Å². The maximum atomic E-state index is 6.09. The molecule has 0 radical (unpaired) electrons. The fraction of sp³-hybridized carbons (Fsp3) is 0.250. The van der Waals surface area contributed by atoms with Crippen LogP contribution in [0.4, 0.5) is 0 Å². The smallest absolute Gasteiger partial charge is 0.0499 e. The summed E-state index contributed by atoms with van der Waals surface area (Å²) in [6.45, 7) is 4.33. The number of hydrogen-bond donors (Lipinski definition) is 0. The molecule has 14 heavy (non-hydrogen) atoms. The van der Waals surface area contributed by atoms with E-state index in [0.717, 1.165) is 10.4 Å². The quantitative estimate of drug-likeness (QED) is 0.686. The Hall–Kier alpha value is -1.08. The predicted molar refractivity (Wildman–Crippen MR) is 60.8 cm³/mol. The molecule has 1 aromatic heterocycles. The summed E-state index contributed by atoms with van der Waals surface area (Å²) in [6, 6.07) is 5.98. The van der Waals surface area contributed by atoms with Gasteiger partial charge < -0.3 is 0 Å². The first kappa shape index (κ1) is 9.47. The molecule has 0 fully saturated rings. The predicted octanol–water partition coefficient (Wildman–Crippen LogP) is 4.01. The van der Waals surface area contributed by atoms with Crippen molar-refractivity contribution < 1.29 is 0 Å². The first-order chi connectivity index (χ1) is 6.70. The highest BCUT2D eigenvalue weighted by Gasteiger charge is 2.06. The van der Waals surface area contributed by atoms with Crippen molar-refractivity contribution >= 4 is 22.4 Å². The van der Waals surface area contributed by atoms with Gasteiger partial charge >= 0.3 is 0 Å². The van der Waals surface area contributed by atoms with Gasteiger partial charge in [0.1, 0.15) is 0 Å². The van der Waals surface area contributed by atoms with E-state index in [2.05, 4.69) is 24.9 Å². The number of benzene rings is 1. The minimum atomic E-state index is 0.477. The molecule has 0 N–H and O–H groups in total. The van der Waals surface area contributed by atoms with Crippen molar-refractivity contribution in [2.24, 2.45) is 0 Å². The van der Waals surface area contributed by atoms with E-state index >= 15 is 0 Å². The lowest BCUT2D eigenvalue weighted by Gasteiger charge is -2.09. The van der Waals surface area contributed by atoms with E-state index in [-0.39, 0.29) is 0 Å². The molecule has 1 aromatic carbocycles. The molecule has 0 saturated carbocycles. The van der Waals surface area contributed by atoms with Gasteiger partial charge in [-0.15, -0.1) is 0 Å². The standard InChI is InChI=1S/C12H12ClN/c1-8(2)10-6-14-7-11-9(10)4-3-5-12(11)13/h3-8H,1-2H3. The van der Waals surface area contributed by atoms with Gasteiger partial charge in [-0.3, -0.25) is 4.98 Å². The Kier molecular flexibility index (Phi) is 2.42. The molecule has 72 valence electrons. The van der Waals surface area contributed by atoms with Gasteiger partial charge in [0.2, 0.25) is 0 Å². The Morgan fingerprint density at radius 2 is 1.93 bits per heavy atom. The van der Waals surface area contributed by atoms with E-state index in [1.807, 2.05) is 24.5 Å². The molecule has 0 aliphatic rings. The molecule has 2 aromatic rings. The Morgan fingerprint density at radius 1 is 1.14 bits per heavy atom. The Morgan fingerprint density at radius 3 is 2.64 bits per heavy atom. The lowest BCUT2D eigenvalue weighted by molar-refractivity contribution is 0.869. The fourth-order valence-electron chi connectivity index (χ4n) is 1.64. The zero-order valence-corrected chi connectivity index (χ0v) is 9.05. The van der Waals surface area contributed by atoms with Crippen LogP contribution in [0.5, 0.6) is 0 Å². The Labute approximate surface area is 88.7 Å². The topological polar surface area (TPSA) is 12.9 Å². The van der Waals surface area contributed by atoms with E-state index in [9.17, 15) is 0 Å². The van der Waals surface area contributed by atoms with Crippen molar-refractivity contribution in [2.75, 3.05) is 0 Å². The Balaban J connectivity index is 2.81. The third kappa shape index (κ3) is 1.48. The lowest BCUT2D eigenvalue weighted by atomic mass is 9.99. The zero-order chi connectivity index (χ0) is 10.1. The molecule has 0 saturated heterocycles. The van der Waals surface area contributed by atoms with Gasteiger partial charge in [-0.1, -0.05) is 37.6 Å². The molecule has 0 bridgehead atoms. The molecule has 1 nitrogen and oxygen atoms in total. The average Bonchev–Trinajstić information content (AvgIpc) is 2.17. The maximum absolute atomic E-state index is 6.09. The molecule has 0 amide bonds. The molecule has 0 aliphatic heterocycles. The normalized spacial score (nSPS) is 11.1. The summed E-state index contributed by atoms with van der Waals surface area (Å²) < 4.78 is 0. The SMILES string of the molecule is CC(C)c1cncc2c(Cl)cccc12. The Bertz CT molecular complexity index is 463. The first-order valence-electron chi connectivity index (χ1n) is 4.72. The monoisotopic (exact) mass is 205 g/mol. The summed E-state index contributed by atoms with van der Waals surface area (Å²) in [4.78, 5) is 4.21. The summed E-state index contributed by atoms with van der Waals surface area (Å²) in [5, 5.41) is 3.03. The first-order valence-corrected chi connectivity index (χ1v) is 5.10. The van der Waals surface area contributed by atoms with Crippen LogP contribution >= 0.6 is 11.6 Å². The van der Waals surface area contributed by atoms with Crippen LogP contribution < -0.4 is 0 Å². The summed E-state index contributed by atoms with van der Waals surface area (Å²) in [5.74, 6) is 0.477. The van der Waals surface area contributed by atoms with Gasteiger partial charge in [0.05, 0.1) is 0 Å². The number of halogens is 1. The molecule has 0 aliphatic carbocycles. The second-order valence-corrected chi connectivity index (χ2v) is 4.13. The minimum Gasteiger partial charge on any atom is -0.264 e. The van der Waals surface area contributed by atoms with Crippen LogP contribution in [0, 0.1) is 0 Å². The van der Waals surface area contributed by atoms with Crippen molar-refractivity contribution in [3.05, 3.63) is 41.2 Å². The number of hydrogen-bond acceptors (Lipinski definition) is 1. The van der Waals surface area contributed by atoms with Gasteiger partial charge in [0.15, 0.2) is 0 Å². The molecule has 0 atom stereocenters. The van der Waals surface area contributed by atoms with Crippen molar-refractivity contribution in [3.63, 3.8) is 0 Å². The second-order valence-electron chi connectivity index (χ2n) is 3.72. The molecule has 0 unspecified atom stereocenters. The largest absolute Gasteiger partial charge is 0.264 e. The maximum Gasteiger partial charge on any atom is 0.0499 e. The van der Waals surface area contributed by atoms with Crippen molar-refractivity contribution in [2.45, 2.75) is 19.8 Å². The highest BCUT2D eigenvalue weighted by atomic mass is 35.5. The second kappa shape index (κ2) is 3.58. The van der Waals surface area contributed by atoms with Crippen LogP contribution in [0.2, 0.25) is 5.02 Å². The number of pyridine rings is 1. The summed E-state index contributed by atoms with van der Waals surface area (Å²) in [7, 11) is 0. The van der Waals surface area contributed by atoms with Gasteiger partial charge in [0, 0.05) is 22.8 Å². The van der Waals surface area contributed by atoms with E-state index < -0.39 is 0 Å². The third-order valence-electron chi connectivity index (χ3n) is 2.40. The van der Waals surface area contributed by atoms with Gasteiger partial charge in [-0.2, -0.15) is 0 Å². The van der Waals surface area contributed by atoms with Crippen LogP contribution in [-0.2, 0) is 0 Å².